The lowest BCUT2D eigenvalue weighted by Gasteiger charge is -2.31. The molecule has 0 saturated heterocycles. The highest BCUT2D eigenvalue weighted by Crippen LogP contribution is 2.26. The van der Waals surface area contributed by atoms with E-state index >= 15 is 0 Å². The summed E-state index contributed by atoms with van der Waals surface area (Å²) in [7, 11) is 0. The van der Waals surface area contributed by atoms with Gasteiger partial charge in [-0.25, -0.2) is 9.78 Å². The highest BCUT2D eigenvalue weighted by atomic mass is 16.2. The number of anilines is 1. The highest BCUT2D eigenvalue weighted by Gasteiger charge is 2.27. The number of nitrogens with one attached hydrogen (secondary N) is 1. The molecule has 0 bridgehead atoms. The number of benzene rings is 3. The van der Waals surface area contributed by atoms with Crippen LogP contribution < -0.4 is 10.9 Å². The maximum atomic E-state index is 13.9. The number of hydrogen-bond donors (Lipinski definition) is 1. The lowest BCUT2D eigenvalue weighted by molar-refractivity contribution is 0.188. The third-order valence-electron chi connectivity index (χ3n) is 6.53. The Balaban J connectivity index is 1.86. The van der Waals surface area contributed by atoms with Crippen LogP contribution in [0.5, 0.6) is 0 Å². The van der Waals surface area contributed by atoms with Crippen LogP contribution in [0.4, 0.5) is 10.5 Å². The summed E-state index contributed by atoms with van der Waals surface area (Å²) in [5.41, 5.74) is 5.11. The normalized spacial score (nSPS) is 11.9. The highest BCUT2D eigenvalue weighted by molar-refractivity contribution is 5.89. The molecule has 4 aromatic rings. The number of urea groups is 1. The Morgan fingerprint density at radius 3 is 2.50 bits per heavy atom. The zero-order valence-corrected chi connectivity index (χ0v) is 21.7. The third kappa shape index (κ3) is 5.18. The monoisotopic (exact) mass is 482 g/mol. The van der Waals surface area contributed by atoms with E-state index in [9.17, 15) is 9.59 Å². The van der Waals surface area contributed by atoms with Gasteiger partial charge < -0.3 is 10.2 Å². The number of carbonyl (C=O) groups is 1. The van der Waals surface area contributed by atoms with Crippen LogP contribution in [-0.4, -0.2) is 27.0 Å². The molecule has 0 fully saturated rings. The van der Waals surface area contributed by atoms with Crippen molar-refractivity contribution >= 4 is 22.6 Å². The van der Waals surface area contributed by atoms with Gasteiger partial charge in [-0.15, -0.1) is 0 Å². The number of rotatable bonds is 7. The molecule has 1 atom stereocenters. The van der Waals surface area contributed by atoms with Crippen molar-refractivity contribution in [2.75, 3.05) is 11.9 Å². The molecule has 0 aliphatic heterocycles. The second-order valence-corrected chi connectivity index (χ2v) is 9.44. The van der Waals surface area contributed by atoms with Crippen LogP contribution in [0.3, 0.4) is 0 Å². The zero-order chi connectivity index (χ0) is 25.8. The summed E-state index contributed by atoms with van der Waals surface area (Å²) in [4.78, 5) is 34.2. The van der Waals surface area contributed by atoms with Crippen molar-refractivity contribution in [3.63, 3.8) is 0 Å². The zero-order valence-electron chi connectivity index (χ0n) is 21.7. The molecule has 6 heteroatoms. The molecule has 2 amide bonds. The van der Waals surface area contributed by atoms with Gasteiger partial charge in [0.25, 0.3) is 5.56 Å². The number of fused-ring (bicyclic) bond motifs is 1. The Labute approximate surface area is 212 Å². The van der Waals surface area contributed by atoms with Gasteiger partial charge in [0.15, 0.2) is 0 Å². The Morgan fingerprint density at radius 1 is 1.00 bits per heavy atom. The average Bonchev–Trinajstić information content (AvgIpc) is 2.86. The molecule has 0 saturated carbocycles. The first kappa shape index (κ1) is 25.2. The molecule has 3 aromatic carbocycles. The van der Waals surface area contributed by atoms with E-state index in [0.29, 0.717) is 23.3 Å². The van der Waals surface area contributed by atoms with Crippen molar-refractivity contribution in [1.82, 2.24) is 14.5 Å². The van der Waals surface area contributed by atoms with Gasteiger partial charge in [-0.1, -0.05) is 49.7 Å². The summed E-state index contributed by atoms with van der Waals surface area (Å²) in [5, 5.41) is 3.60. The second kappa shape index (κ2) is 10.8. The van der Waals surface area contributed by atoms with E-state index in [-0.39, 0.29) is 11.6 Å². The molecule has 1 aromatic heterocycles. The molecule has 186 valence electrons. The second-order valence-electron chi connectivity index (χ2n) is 9.44. The lowest BCUT2D eigenvalue weighted by atomic mass is 10.1. The Hall–Kier alpha value is -3.93. The fraction of sp³-hybridized carbons (Fsp3) is 0.300. The standard InChI is InChI=1S/C30H34N4O2/c1-6-7-17-33(30(36)31-24-12-10-11-20(2)18-24)23(5)28-32-26-14-9-8-13-25(26)29(35)34(28)27-19-21(3)15-16-22(27)4/h8-16,18-19,23H,6-7,17H2,1-5H3,(H,31,36). The minimum Gasteiger partial charge on any atom is -0.315 e. The van der Waals surface area contributed by atoms with E-state index in [2.05, 4.69) is 12.2 Å². The van der Waals surface area contributed by atoms with Crippen LogP contribution in [0.1, 0.15) is 55.2 Å². The number of para-hydroxylation sites is 1. The minimum atomic E-state index is -0.446. The van der Waals surface area contributed by atoms with Crippen LogP contribution in [-0.2, 0) is 0 Å². The van der Waals surface area contributed by atoms with E-state index in [1.165, 1.54) is 0 Å². The summed E-state index contributed by atoms with van der Waals surface area (Å²) >= 11 is 0. The summed E-state index contributed by atoms with van der Waals surface area (Å²) in [6, 6.07) is 20.5. The van der Waals surface area contributed by atoms with E-state index in [1.807, 2.05) is 88.4 Å². The van der Waals surface area contributed by atoms with Gasteiger partial charge >= 0.3 is 6.03 Å². The molecule has 0 spiro atoms. The summed E-state index contributed by atoms with van der Waals surface area (Å²) in [6.45, 7) is 10.6. The van der Waals surface area contributed by atoms with Crippen molar-refractivity contribution in [1.29, 1.82) is 0 Å². The van der Waals surface area contributed by atoms with Gasteiger partial charge in [0, 0.05) is 12.2 Å². The van der Waals surface area contributed by atoms with E-state index in [0.717, 1.165) is 40.9 Å². The predicted molar refractivity (Wildman–Crippen MR) is 147 cm³/mol. The molecule has 4 rings (SSSR count). The summed E-state index contributed by atoms with van der Waals surface area (Å²) < 4.78 is 1.69. The smallest absolute Gasteiger partial charge is 0.315 e. The van der Waals surface area contributed by atoms with Gasteiger partial charge in [0.2, 0.25) is 0 Å². The molecule has 1 unspecified atom stereocenters. The number of amides is 2. The quantitative estimate of drug-likeness (QED) is 0.318. The summed E-state index contributed by atoms with van der Waals surface area (Å²) in [6.07, 6.45) is 1.78. The van der Waals surface area contributed by atoms with E-state index in [4.69, 9.17) is 4.98 Å². The van der Waals surface area contributed by atoms with Gasteiger partial charge in [0.1, 0.15) is 5.82 Å². The predicted octanol–water partition coefficient (Wildman–Crippen LogP) is 6.71. The van der Waals surface area contributed by atoms with Gasteiger partial charge in [-0.05, 0) is 81.1 Å². The number of hydrogen-bond acceptors (Lipinski definition) is 3. The fourth-order valence-electron chi connectivity index (χ4n) is 4.48. The number of nitrogens with zero attached hydrogens (tertiary/aromatic N) is 3. The van der Waals surface area contributed by atoms with Gasteiger partial charge in [0.05, 0.1) is 22.6 Å². The Kier molecular flexibility index (Phi) is 7.53. The maximum absolute atomic E-state index is 13.9. The SMILES string of the molecule is CCCCN(C(=O)Nc1cccc(C)c1)C(C)c1nc2ccccc2c(=O)n1-c1cc(C)ccc1C. The number of aryl methyl sites for hydroxylation is 3. The Morgan fingerprint density at radius 2 is 1.75 bits per heavy atom. The van der Waals surface area contributed by atoms with Crippen LogP contribution in [0.15, 0.2) is 71.5 Å². The summed E-state index contributed by atoms with van der Waals surface area (Å²) in [5.74, 6) is 0.544. The van der Waals surface area contributed by atoms with Gasteiger partial charge in [-0.3, -0.25) is 9.36 Å². The first-order valence-electron chi connectivity index (χ1n) is 12.5. The van der Waals surface area contributed by atoms with Gasteiger partial charge in [-0.2, -0.15) is 0 Å². The number of carbonyl (C=O) groups excluding carboxylic acids is 1. The minimum absolute atomic E-state index is 0.134. The molecule has 1 heterocycles. The van der Waals surface area contributed by atoms with Crippen molar-refractivity contribution < 1.29 is 4.79 Å². The number of unbranched alkanes of at least 4 members (excludes halogenated alkanes) is 1. The van der Waals surface area contributed by atoms with Crippen molar-refractivity contribution in [2.45, 2.75) is 53.5 Å². The molecule has 0 aliphatic rings. The van der Waals surface area contributed by atoms with Crippen molar-refractivity contribution in [3.05, 3.63) is 99.6 Å². The Bertz CT molecular complexity index is 1460. The molecule has 6 nitrogen and oxygen atoms in total. The molecule has 0 radical (unpaired) electrons. The first-order chi connectivity index (χ1) is 17.3. The topological polar surface area (TPSA) is 67.2 Å². The van der Waals surface area contributed by atoms with Crippen LogP contribution >= 0.6 is 0 Å². The largest absolute Gasteiger partial charge is 0.322 e. The lowest BCUT2D eigenvalue weighted by Crippen LogP contribution is -2.40. The molecular formula is C30H34N4O2. The number of aromatic nitrogens is 2. The molecule has 36 heavy (non-hydrogen) atoms. The first-order valence-corrected chi connectivity index (χ1v) is 12.5. The fourth-order valence-corrected chi connectivity index (χ4v) is 4.48. The molecular weight excluding hydrogens is 448 g/mol. The van der Waals surface area contributed by atoms with Crippen LogP contribution in [0.2, 0.25) is 0 Å². The van der Waals surface area contributed by atoms with Crippen molar-refractivity contribution in [3.8, 4) is 5.69 Å². The third-order valence-corrected chi connectivity index (χ3v) is 6.53. The van der Waals surface area contributed by atoms with Crippen LogP contribution in [0.25, 0.3) is 16.6 Å². The van der Waals surface area contributed by atoms with Crippen LogP contribution in [0, 0.1) is 20.8 Å². The molecule has 0 aliphatic carbocycles. The average molecular weight is 483 g/mol. The maximum Gasteiger partial charge on any atom is 0.322 e. The van der Waals surface area contributed by atoms with E-state index in [1.54, 1.807) is 15.5 Å². The molecule has 1 N–H and O–H groups in total. The van der Waals surface area contributed by atoms with E-state index < -0.39 is 6.04 Å². The van der Waals surface area contributed by atoms with Crippen molar-refractivity contribution in [2.24, 2.45) is 0 Å².